The van der Waals surface area contributed by atoms with Crippen molar-refractivity contribution in [3.63, 3.8) is 0 Å². The fourth-order valence-corrected chi connectivity index (χ4v) is 5.38. The summed E-state index contributed by atoms with van der Waals surface area (Å²) in [7, 11) is 0. The van der Waals surface area contributed by atoms with E-state index in [1.54, 1.807) is 12.4 Å². The topological polar surface area (TPSA) is 208 Å². The molecule has 12 nitrogen and oxygen atoms in total. The van der Waals surface area contributed by atoms with Gasteiger partial charge in [-0.1, -0.05) is 36.4 Å². The molecule has 0 radical (unpaired) electrons. The number of aromatic nitrogens is 2. The van der Waals surface area contributed by atoms with Crippen molar-refractivity contribution in [1.82, 2.24) is 25.9 Å². The molecule has 0 spiro atoms. The Morgan fingerprint density at radius 1 is 0.750 bits per heavy atom. The number of unbranched alkanes of at least 4 members (excludes halogenated alkanes) is 1. The molecule has 2 aromatic heterocycles. The van der Waals surface area contributed by atoms with E-state index in [9.17, 15) is 24.3 Å². The zero-order valence-electron chi connectivity index (χ0n) is 24.2. The number of nitrogens with two attached hydrogens (primary N) is 2. The number of carbonyl (C=O) groups excluding carboxylic acids is 3. The van der Waals surface area contributed by atoms with Gasteiger partial charge in [0, 0.05) is 46.4 Å². The quantitative estimate of drug-likeness (QED) is 0.0662. The number of H-pyrrole nitrogens is 2. The third-order valence-electron chi connectivity index (χ3n) is 7.56. The van der Waals surface area contributed by atoms with Crippen molar-refractivity contribution in [1.29, 1.82) is 0 Å². The Balaban J connectivity index is 1.47. The molecule has 13 heteroatoms. The lowest BCUT2D eigenvalue weighted by Gasteiger charge is -2.24. The molecular formula is C31H39N7O5S. The Morgan fingerprint density at radius 3 is 1.84 bits per heavy atom. The fraction of sp³-hybridized carbons (Fsp3) is 0.355. The number of rotatable bonds is 16. The Bertz CT molecular complexity index is 1600. The SMILES string of the molecule is NCCCCC(NC(=O)C(Cc1c[nH]c2ccccc12)NC(=O)C(CS)NC(=O)C(N)Cc1c[nH]c2ccccc12)C(=O)O. The molecule has 0 saturated carbocycles. The van der Waals surface area contributed by atoms with Crippen molar-refractivity contribution in [3.8, 4) is 0 Å². The molecule has 2 heterocycles. The fourth-order valence-electron chi connectivity index (χ4n) is 5.13. The molecule has 4 rings (SSSR count). The lowest BCUT2D eigenvalue weighted by molar-refractivity contribution is -0.142. The summed E-state index contributed by atoms with van der Waals surface area (Å²) in [5, 5.41) is 19.4. The molecular weight excluding hydrogens is 582 g/mol. The lowest BCUT2D eigenvalue weighted by Crippen LogP contribution is -2.58. The van der Waals surface area contributed by atoms with Gasteiger partial charge in [0.05, 0.1) is 6.04 Å². The van der Waals surface area contributed by atoms with Crippen LogP contribution in [0.1, 0.15) is 30.4 Å². The van der Waals surface area contributed by atoms with Crippen LogP contribution in [0.2, 0.25) is 0 Å². The van der Waals surface area contributed by atoms with Gasteiger partial charge in [-0.15, -0.1) is 0 Å². The number of benzene rings is 2. The van der Waals surface area contributed by atoms with Crippen LogP contribution < -0.4 is 27.4 Å². The van der Waals surface area contributed by atoms with Crippen LogP contribution in [0.4, 0.5) is 0 Å². The first kappa shape index (κ1) is 32.6. The highest BCUT2D eigenvalue weighted by Gasteiger charge is 2.30. The number of fused-ring (bicyclic) bond motifs is 2. The number of amides is 3. The second-order valence-corrected chi connectivity index (χ2v) is 11.1. The molecule has 0 bridgehead atoms. The molecule has 0 fully saturated rings. The third-order valence-corrected chi connectivity index (χ3v) is 7.93. The van der Waals surface area contributed by atoms with Crippen LogP contribution >= 0.6 is 12.6 Å². The number of carbonyl (C=O) groups is 4. The average molecular weight is 622 g/mol. The molecule has 2 aromatic carbocycles. The first-order valence-electron chi connectivity index (χ1n) is 14.5. The summed E-state index contributed by atoms with van der Waals surface area (Å²) in [5.41, 5.74) is 15.1. The van der Waals surface area contributed by atoms with Gasteiger partial charge in [0.1, 0.15) is 18.1 Å². The molecule has 0 saturated heterocycles. The number of hydrogen-bond acceptors (Lipinski definition) is 7. The molecule has 44 heavy (non-hydrogen) atoms. The van der Waals surface area contributed by atoms with Crippen LogP contribution in [0.25, 0.3) is 21.8 Å². The number of nitrogens with one attached hydrogen (secondary N) is 5. The predicted octanol–water partition coefficient (Wildman–Crippen LogP) is 1.36. The van der Waals surface area contributed by atoms with E-state index in [1.165, 1.54) is 0 Å². The Morgan fingerprint density at radius 2 is 1.27 bits per heavy atom. The van der Waals surface area contributed by atoms with Gasteiger partial charge in [-0.25, -0.2) is 4.79 Å². The number of aromatic amines is 2. The number of carboxylic acids is 1. The summed E-state index contributed by atoms with van der Waals surface area (Å²) in [6.07, 6.45) is 5.17. The van der Waals surface area contributed by atoms with E-state index < -0.39 is 47.9 Å². The first-order valence-corrected chi connectivity index (χ1v) is 15.2. The standard InChI is InChI=1S/C31H39N7O5S/c32-12-6-5-11-25(31(42)43)36-29(40)26(14-19-16-35-24-10-4-2-8-21(19)24)37-30(41)27(17-44)38-28(39)22(33)13-18-15-34-23-9-3-1-7-20(18)23/h1-4,7-10,15-16,22,25-27,34-35,44H,5-6,11-14,17,32-33H2,(H,36,40)(H,37,41)(H,38,39)(H,42,43). The number of hydrogen-bond donors (Lipinski definition) is 9. The van der Waals surface area contributed by atoms with Gasteiger partial charge in [0.25, 0.3) is 0 Å². The van der Waals surface area contributed by atoms with Gasteiger partial charge in [-0.2, -0.15) is 12.6 Å². The van der Waals surface area contributed by atoms with Gasteiger partial charge in [-0.3, -0.25) is 14.4 Å². The second-order valence-electron chi connectivity index (χ2n) is 10.7. The van der Waals surface area contributed by atoms with Crippen LogP contribution in [0.15, 0.2) is 60.9 Å². The molecule has 234 valence electrons. The maximum Gasteiger partial charge on any atom is 0.326 e. The van der Waals surface area contributed by atoms with E-state index in [0.29, 0.717) is 19.4 Å². The van der Waals surface area contributed by atoms with Crippen LogP contribution in [-0.4, -0.2) is 75.2 Å². The van der Waals surface area contributed by atoms with E-state index in [4.69, 9.17) is 11.5 Å². The zero-order valence-corrected chi connectivity index (χ0v) is 25.1. The summed E-state index contributed by atoms with van der Waals surface area (Å²) in [5.74, 6) is -3.10. The van der Waals surface area contributed by atoms with Crippen molar-refractivity contribution < 1.29 is 24.3 Å². The highest BCUT2D eigenvalue weighted by molar-refractivity contribution is 7.80. The molecule has 4 atom stereocenters. The van der Waals surface area contributed by atoms with E-state index in [1.807, 2.05) is 48.5 Å². The van der Waals surface area contributed by atoms with Gasteiger partial charge in [0.15, 0.2) is 0 Å². The van der Waals surface area contributed by atoms with Crippen molar-refractivity contribution in [3.05, 3.63) is 72.1 Å². The van der Waals surface area contributed by atoms with Crippen LogP contribution in [-0.2, 0) is 32.0 Å². The molecule has 4 aromatic rings. The van der Waals surface area contributed by atoms with Crippen molar-refractivity contribution in [2.45, 2.75) is 56.3 Å². The van der Waals surface area contributed by atoms with Crippen LogP contribution in [0, 0.1) is 0 Å². The summed E-state index contributed by atoms with van der Waals surface area (Å²) in [4.78, 5) is 58.1. The van der Waals surface area contributed by atoms with Gasteiger partial charge < -0.3 is 42.5 Å². The molecule has 3 amide bonds. The highest BCUT2D eigenvalue weighted by Crippen LogP contribution is 2.20. The van der Waals surface area contributed by atoms with E-state index in [0.717, 1.165) is 32.9 Å². The Kier molecular flexibility index (Phi) is 11.4. The average Bonchev–Trinajstić information content (AvgIpc) is 3.62. The first-order chi connectivity index (χ1) is 21.2. The number of carboxylic acid groups (broad SMARTS) is 1. The predicted molar refractivity (Wildman–Crippen MR) is 172 cm³/mol. The van der Waals surface area contributed by atoms with Crippen molar-refractivity contribution in [2.75, 3.05) is 12.3 Å². The molecule has 4 unspecified atom stereocenters. The molecule has 0 aliphatic heterocycles. The van der Waals surface area contributed by atoms with Crippen molar-refractivity contribution in [2.24, 2.45) is 11.5 Å². The summed E-state index contributed by atoms with van der Waals surface area (Å²) >= 11 is 4.26. The molecule has 0 aliphatic rings. The second kappa shape index (κ2) is 15.4. The Labute approximate surface area is 260 Å². The minimum absolute atomic E-state index is 0.0599. The maximum absolute atomic E-state index is 13.5. The van der Waals surface area contributed by atoms with Crippen LogP contribution in [0.3, 0.4) is 0 Å². The number of thiol groups is 1. The van der Waals surface area contributed by atoms with E-state index in [2.05, 4.69) is 38.5 Å². The smallest absolute Gasteiger partial charge is 0.326 e. The molecule has 10 N–H and O–H groups in total. The number of aliphatic carboxylic acids is 1. The largest absolute Gasteiger partial charge is 0.480 e. The monoisotopic (exact) mass is 621 g/mol. The van der Waals surface area contributed by atoms with Gasteiger partial charge >= 0.3 is 5.97 Å². The highest BCUT2D eigenvalue weighted by atomic mass is 32.1. The zero-order chi connectivity index (χ0) is 31.6. The summed E-state index contributed by atoms with van der Waals surface area (Å²) < 4.78 is 0. The lowest BCUT2D eigenvalue weighted by atomic mass is 10.0. The maximum atomic E-state index is 13.5. The van der Waals surface area contributed by atoms with E-state index in [-0.39, 0.29) is 25.0 Å². The molecule has 0 aliphatic carbocycles. The third kappa shape index (κ3) is 8.18. The van der Waals surface area contributed by atoms with Crippen molar-refractivity contribution >= 4 is 58.1 Å². The number of para-hydroxylation sites is 2. The minimum atomic E-state index is -1.18. The van der Waals surface area contributed by atoms with Crippen LogP contribution in [0.5, 0.6) is 0 Å². The Hall–Kier alpha value is -4.33. The van der Waals surface area contributed by atoms with Gasteiger partial charge in [-0.05, 0) is 55.5 Å². The summed E-state index contributed by atoms with van der Waals surface area (Å²) in [6, 6.07) is 10.8. The summed E-state index contributed by atoms with van der Waals surface area (Å²) in [6.45, 7) is 0.405. The van der Waals surface area contributed by atoms with E-state index >= 15 is 0 Å². The van der Waals surface area contributed by atoms with Gasteiger partial charge in [0.2, 0.25) is 17.7 Å². The normalized spacial score (nSPS) is 14.1. The minimum Gasteiger partial charge on any atom is -0.480 e.